The summed E-state index contributed by atoms with van der Waals surface area (Å²) in [6.45, 7) is 14.6. The van der Waals surface area contributed by atoms with Gasteiger partial charge in [-0.05, 0) is 98.2 Å². The molecule has 4 rings (SSSR count). The van der Waals surface area contributed by atoms with Crippen molar-refractivity contribution >= 4 is 11.6 Å². The molecule has 0 unspecified atom stereocenters. The fourth-order valence-corrected chi connectivity index (χ4v) is 10.4. The normalized spacial score (nSPS) is 50.4. The maximum atomic E-state index is 11.8. The van der Waals surface area contributed by atoms with Gasteiger partial charge in [-0.2, -0.15) is 0 Å². The summed E-state index contributed by atoms with van der Waals surface area (Å²) in [5.41, 5.74) is -0.604. The van der Waals surface area contributed by atoms with Crippen LogP contribution in [0.5, 0.6) is 0 Å². The predicted octanol–water partition coefficient (Wildman–Crippen LogP) is 7.44. The summed E-state index contributed by atoms with van der Waals surface area (Å²) in [4.78, 5) is 0. The van der Waals surface area contributed by atoms with Gasteiger partial charge in [-0.15, -0.1) is 11.6 Å². The van der Waals surface area contributed by atoms with Crippen LogP contribution in [0.4, 0.5) is 0 Å². The van der Waals surface area contributed by atoms with E-state index in [0.29, 0.717) is 23.7 Å². The van der Waals surface area contributed by atoms with Crippen LogP contribution < -0.4 is 0 Å². The lowest BCUT2D eigenvalue weighted by Crippen LogP contribution is -2.67. The Morgan fingerprint density at radius 2 is 1.69 bits per heavy atom. The molecule has 186 valence electrons. The molecule has 2 N–H and O–H groups in total. The maximum Gasteiger partial charge on any atom is 0.0891 e. The van der Waals surface area contributed by atoms with Gasteiger partial charge in [0.05, 0.1) is 17.1 Å². The van der Waals surface area contributed by atoms with E-state index in [-0.39, 0.29) is 10.8 Å². The number of hydrogen-bond donors (Lipinski definition) is 2. The molecule has 0 aliphatic heterocycles. The van der Waals surface area contributed by atoms with E-state index in [1.165, 1.54) is 44.9 Å². The lowest BCUT2D eigenvalue weighted by atomic mass is 9.43. The zero-order valence-corrected chi connectivity index (χ0v) is 22.5. The van der Waals surface area contributed by atoms with Crippen LogP contribution in [0, 0.1) is 52.3 Å². The first-order valence-corrected chi connectivity index (χ1v) is 14.5. The first-order chi connectivity index (χ1) is 15.0. The highest BCUT2D eigenvalue weighted by atomic mass is 35.5. The van der Waals surface area contributed by atoms with Crippen LogP contribution in [0.2, 0.25) is 0 Å². The number of aliphatic hydroxyl groups excluding tert-OH is 1. The van der Waals surface area contributed by atoms with Crippen molar-refractivity contribution in [1.29, 1.82) is 0 Å². The third-order valence-electron chi connectivity index (χ3n) is 12.0. The van der Waals surface area contributed by atoms with E-state index in [9.17, 15) is 10.2 Å². The van der Waals surface area contributed by atoms with Crippen LogP contribution in [0.25, 0.3) is 0 Å². The molecule has 0 amide bonds. The van der Waals surface area contributed by atoms with Gasteiger partial charge in [-0.25, -0.2) is 0 Å². The molecule has 0 heterocycles. The molecule has 4 aliphatic carbocycles. The molecule has 2 nitrogen and oxygen atoms in total. The second-order valence-electron chi connectivity index (χ2n) is 13.5. The first-order valence-electron chi connectivity index (χ1n) is 14.0. The molecule has 0 radical (unpaired) electrons. The molecule has 3 heteroatoms. The van der Waals surface area contributed by atoms with Crippen LogP contribution in [0.15, 0.2) is 0 Å². The summed E-state index contributed by atoms with van der Waals surface area (Å²) in [5, 5.41) is 21.9. The van der Waals surface area contributed by atoms with Gasteiger partial charge in [0, 0.05) is 11.8 Å². The maximum absolute atomic E-state index is 11.8. The Labute approximate surface area is 203 Å². The molecule has 0 aromatic heterocycles. The Morgan fingerprint density at radius 3 is 2.34 bits per heavy atom. The number of halogens is 1. The number of fused-ring (bicyclic) bond motifs is 5. The Balaban J connectivity index is 1.51. The van der Waals surface area contributed by atoms with Gasteiger partial charge in [0.1, 0.15) is 0 Å². The molecule has 0 bridgehead atoms. The van der Waals surface area contributed by atoms with Gasteiger partial charge in [0.25, 0.3) is 0 Å². The summed E-state index contributed by atoms with van der Waals surface area (Å²) in [6.07, 6.45) is 12.1. The molecular weight excluding hydrogens is 416 g/mol. The van der Waals surface area contributed by atoms with Crippen molar-refractivity contribution in [3.63, 3.8) is 0 Å². The van der Waals surface area contributed by atoms with Gasteiger partial charge in [-0.1, -0.05) is 54.4 Å². The molecule has 0 saturated heterocycles. The minimum absolute atomic E-state index is 0.141. The third kappa shape index (κ3) is 3.81. The van der Waals surface area contributed by atoms with Gasteiger partial charge >= 0.3 is 0 Å². The van der Waals surface area contributed by atoms with Crippen molar-refractivity contribution in [2.24, 2.45) is 52.3 Å². The number of aliphatic hydroxyl groups is 2. The fraction of sp³-hybridized carbons (Fsp3) is 1.00. The molecule has 0 aromatic carbocycles. The van der Waals surface area contributed by atoms with E-state index in [1.807, 2.05) is 0 Å². The van der Waals surface area contributed by atoms with E-state index in [4.69, 9.17) is 11.6 Å². The Kier molecular flexibility index (Phi) is 7.13. The average Bonchev–Trinajstić information content (AvgIpc) is 3.08. The van der Waals surface area contributed by atoms with Gasteiger partial charge < -0.3 is 10.2 Å². The highest BCUT2D eigenvalue weighted by molar-refractivity contribution is 6.21. The van der Waals surface area contributed by atoms with Crippen LogP contribution in [-0.4, -0.2) is 27.3 Å². The molecule has 4 aliphatic rings. The molecular formula is C29H51ClO2. The van der Waals surface area contributed by atoms with Crippen molar-refractivity contribution in [2.75, 3.05) is 0 Å². The molecule has 4 saturated carbocycles. The Hall–Kier alpha value is 0.210. The summed E-state index contributed by atoms with van der Waals surface area (Å²) >= 11 is 7.01. The van der Waals surface area contributed by atoms with Crippen LogP contribution in [0.1, 0.15) is 112 Å². The highest BCUT2D eigenvalue weighted by Crippen LogP contribution is 2.69. The molecule has 32 heavy (non-hydrogen) atoms. The molecule has 11 atom stereocenters. The van der Waals surface area contributed by atoms with Crippen LogP contribution in [-0.2, 0) is 0 Å². The van der Waals surface area contributed by atoms with Gasteiger partial charge in [0.15, 0.2) is 0 Å². The van der Waals surface area contributed by atoms with E-state index in [2.05, 4.69) is 41.5 Å². The van der Waals surface area contributed by atoms with E-state index in [1.54, 1.807) is 0 Å². The zero-order chi connectivity index (χ0) is 23.5. The SMILES string of the molecule is CC[C@H](CC[C@@H](C)[C@H]1CC[C@H]2[C@@H]3C[C@H](Cl)[C@]4(O)C[C@@H](O)CC[C@]4(C)[C@H]3CC[C@]12C)C(C)C. The zero-order valence-electron chi connectivity index (χ0n) is 21.7. The van der Waals surface area contributed by atoms with Crippen LogP contribution >= 0.6 is 11.6 Å². The number of hydrogen-bond acceptors (Lipinski definition) is 2. The second-order valence-corrected chi connectivity index (χ2v) is 14.0. The topological polar surface area (TPSA) is 40.5 Å². The molecule has 0 spiro atoms. The van der Waals surface area contributed by atoms with Gasteiger partial charge in [0.2, 0.25) is 0 Å². The summed E-state index contributed by atoms with van der Waals surface area (Å²) in [5.74, 6) is 5.28. The van der Waals surface area contributed by atoms with E-state index in [0.717, 1.165) is 48.9 Å². The van der Waals surface area contributed by atoms with Crippen molar-refractivity contribution in [3.05, 3.63) is 0 Å². The van der Waals surface area contributed by atoms with Gasteiger partial charge in [-0.3, -0.25) is 0 Å². The lowest BCUT2D eigenvalue weighted by Gasteiger charge is -2.65. The first kappa shape index (κ1) is 25.3. The predicted molar refractivity (Wildman–Crippen MR) is 135 cm³/mol. The average molecular weight is 467 g/mol. The molecule has 0 aromatic rings. The lowest BCUT2D eigenvalue weighted by molar-refractivity contribution is -0.217. The van der Waals surface area contributed by atoms with Crippen molar-refractivity contribution < 1.29 is 10.2 Å². The summed E-state index contributed by atoms with van der Waals surface area (Å²) < 4.78 is 0. The van der Waals surface area contributed by atoms with E-state index < -0.39 is 11.7 Å². The van der Waals surface area contributed by atoms with Crippen molar-refractivity contribution in [2.45, 2.75) is 129 Å². The van der Waals surface area contributed by atoms with Crippen LogP contribution in [0.3, 0.4) is 0 Å². The number of alkyl halides is 1. The minimum atomic E-state index is -0.904. The fourth-order valence-electron chi connectivity index (χ4n) is 9.87. The standard InChI is InChI=1S/C29H51ClO2/c1-7-20(18(2)3)9-8-19(4)23-10-11-24-22-16-26(30)29(32)17-21(31)12-15-28(29,6)25(22)13-14-27(23,24)5/h18-26,31-32H,7-17H2,1-6H3/t19-,20-,21+,22+,23-,24+,25+,26+,27-,28-,29-/m1/s1. The molecule has 4 fully saturated rings. The Morgan fingerprint density at radius 1 is 0.969 bits per heavy atom. The smallest absolute Gasteiger partial charge is 0.0891 e. The highest BCUT2D eigenvalue weighted by Gasteiger charge is 2.67. The minimum Gasteiger partial charge on any atom is -0.393 e. The van der Waals surface area contributed by atoms with E-state index >= 15 is 0 Å². The van der Waals surface area contributed by atoms with Crippen molar-refractivity contribution in [1.82, 2.24) is 0 Å². The second kappa shape index (κ2) is 9.02. The summed E-state index contributed by atoms with van der Waals surface area (Å²) in [7, 11) is 0. The van der Waals surface area contributed by atoms with Crippen molar-refractivity contribution in [3.8, 4) is 0 Å². The quantitative estimate of drug-likeness (QED) is 0.399. The number of rotatable bonds is 6. The monoisotopic (exact) mass is 466 g/mol. The third-order valence-corrected chi connectivity index (χ3v) is 12.5. The largest absolute Gasteiger partial charge is 0.393 e. The Bertz CT molecular complexity index is 666. The summed E-state index contributed by atoms with van der Waals surface area (Å²) in [6, 6.07) is 0.